The Morgan fingerprint density at radius 2 is 2.11 bits per heavy atom. The minimum absolute atomic E-state index is 0.000980. The van der Waals surface area contributed by atoms with Gasteiger partial charge in [-0.2, -0.15) is 0 Å². The van der Waals surface area contributed by atoms with E-state index < -0.39 is 10.9 Å². The number of fused-ring (bicyclic) bond motifs is 1. The van der Waals surface area contributed by atoms with Gasteiger partial charge in [0, 0.05) is 37.1 Å². The van der Waals surface area contributed by atoms with Crippen molar-refractivity contribution in [2.24, 2.45) is 5.92 Å². The summed E-state index contributed by atoms with van der Waals surface area (Å²) in [7, 11) is 0. The monoisotopic (exact) mass is 248 g/mol. The maximum atomic E-state index is 11.8. The molecule has 1 aliphatic heterocycles. The summed E-state index contributed by atoms with van der Waals surface area (Å²) in [5.41, 5.74) is 0.329. The topological polar surface area (TPSA) is 81.5 Å². The molecule has 6 heteroatoms. The molecule has 1 aliphatic carbocycles. The van der Waals surface area contributed by atoms with Crippen LogP contribution >= 0.6 is 0 Å². The summed E-state index contributed by atoms with van der Waals surface area (Å²) in [4.78, 5) is 21.8. The second kappa shape index (κ2) is 4.06. The van der Waals surface area contributed by atoms with Gasteiger partial charge in [0.25, 0.3) is 5.69 Å². The van der Waals surface area contributed by atoms with Crippen LogP contribution in [0.3, 0.4) is 0 Å². The summed E-state index contributed by atoms with van der Waals surface area (Å²) in [6, 6.07) is 5.99. The predicted molar refractivity (Wildman–Crippen MR) is 62.2 cm³/mol. The first-order chi connectivity index (χ1) is 8.65. The lowest BCUT2D eigenvalue weighted by Gasteiger charge is -2.52. The van der Waals surface area contributed by atoms with Crippen molar-refractivity contribution >= 4 is 11.7 Å². The molecule has 0 spiro atoms. The zero-order chi connectivity index (χ0) is 12.7. The van der Waals surface area contributed by atoms with Gasteiger partial charge >= 0.3 is 5.97 Å². The molecule has 1 aromatic carbocycles. The molecule has 1 aromatic rings. The molecule has 3 rings (SSSR count). The van der Waals surface area contributed by atoms with Gasteiger partial charge in [0.05, 0.1) is 10.5 Å². The average molecular weight is 248 g/mol. The fourth-order valence-corrected chi connectivity index (χ4v) is 2.36. The molecule has 1 saturated heterocycles. The quantitative estimate of drug-likeness (QED) is 0.492. The number of piperidine rings is 1. The number of carbonyl (C=O) groups excluding carboxylic acids is 1. The van der Waals surface area contributed by atoms with E-state index in [-0.39, 0.29) is 11.8 Å². The molecule has 3 atom stereocenters. The number of hydrogen-bond acceptors (Lipinski definition) is 5. The first-order valence-corrected chi connectivity index (χ1v) is 5.84. The number of non-ortho nitro benzene ring substituents is 1. The maximum Gasteiger partial charge on any atom is 0.338 e. The van der Waals surface area contributed by atoms with Gasteiger partial charge in [-0.1, -0.05) is 0 Å². The Morgan fingerprint density at radius 3 is 2.56 bits per heavy atom. The molecule has 6 nitrogen and oxygen atoms in total. The van der Waals surface area contributed by atoms with Gasteiger partial charge in [0.1, 0.15) is 6.10 Å². The summed E-state index contributed by atoms with van der Waals surface area (Å²) in [5.74, 6) is 0.0484. The van der Waals surface area contributed by atoms with E-state index >= 15 is 0 Å². The van der Waals surface area contributed by atoms with E-state index in [9.17, 15) is 14.9 Å². The third-order valence-electron chi connectivity index (χ3n) is 3.67. The zero-order valence-electron chi connectivity index (χ0n) is 9.54. The summed E-state index contributed by atoms with van der Waals surface area (Å²) in [5, 5.41) is 13.7. The molecule has 0 aromatic heterocycles. The van der Waals surface area contributed by atoms with E-state index in [1.54, 1.807) is 0 Å². The van der Waals surface area contributed by atoms with Crippen LogP contribution in [-0.4, -0.2) is 29.6 Å². The molecular formula is C12H12N2O4. The van der Waals surface area contributed by atoms with Gasteiger partial charge in [-0.25, -0.2) is 4.79 Å². The number of carbonyl (C=O) groups is 1. The Bertz CT molecular complexity index is 499. The number of ether oxygens (including phenoxy) is 1. The fraction of sp³-hybridized carbons (Fsp3) is 0.417. The second-order valence-electron chi connectivity index (χ2n) is 4.66. The minimum atomic E-state index is -0.494. The number of nitrogens with zero attached hydrogens (tertiary/aromatic N) is 1. The Hall–Kier alpha value is -1.95. The molecule has 94 valence electrons. The first kappa shape index (κ1) is 11.2. The van der Waals surface area contributed by atoms with Crippen LogP contribution in [0, 0.1) is 16.0 Å². The van der Waals surface area contributed by atoms with Gasteiger partial charge in [-0.15, -0.1) is 0 Å². The summed E-state index contributed by atoms with van der Waals surface area (Å²) < 4.78 is 5.36. The average Bonchev–Trinajstić information content (AvgIpc) is 2.34. The molecule has 2 fully saturated rings. The molecule has 18 heavy (non-hydrogen) atoms. The van der Waals surface area contributed by atoms with E-state index in [0.717, 1.165) is 13.0 Å². The standard InChI is InChI=1S/C12H12N2O4/c15-12(18-11-5-10-9(11)6-13-10)7-1-3-8(4-2-7)14(16)17/h1-4,9-11,13H,5-6H2. The number of hydrogen-bond donors (Lipinski definition) is 1. The molecule has 1 saturated carbocycles. The number of nitro benzene ring substituents is 1. The molecule has 0 radical (unpaired) electrons. The molecule has 2 aliphatic rings. The number of nitrogens with one attached hydrogen (secondary N) is 1. The second-order valence-corrected chi connectivity index (χ2v) is 4.66. The Balaban J connectivity index is 1.63. The Labute approximate surface area is 103 Å². The van der Waals surface area contributed by atoms with E-state index in [4.69, 9.17) is 4.74 Å². The largest absolute Gasteiger partial charge is 0.458 e. The molecule has 1 heterocycles. The Morgan fingerprint density at radius 1 is 1.39 bits per heavy atom. The highest BCUT2D eigenvalue weighted by Gasteiger charge is 2.49. The van der Waals surface area contributed by atoms with Gasteiger partial charge in [0.2, 0.25) is 0 Å². The normalized spacial score (nSPS) is 28.6. The van der Waals surface area contributed by atoms with Crippen molar-refractivity contribution in [1.82, 2.24) is 5.32 Å². The third kappa shape index (κ3) is 1.74. The lowest BCUT2D eigenvalue weighted by molar-refractivity contribution is -0.384. The number of rotatable bonds is 3. The molecular weight excluding hydrogens is 236 g/mol. The third-order valence-corrected chi connectivity index (χ3v) is 3.67. The van der Waals surface area contributed by atoms with Gasteiger partial charge < -0.3 is 10.1 Å². The molecule has 0 amide bonds. The number of benzene rings is 1. The summed E-state index contributed by atoms with van der Waals surface area (Å²) in [6.07, 6.45) is 0.863. The van der Waals surface area contributed by atoms with Crippen molar-refractivity contribution in [2.75, 3.05) is 6.54 Å². The maximum absolute atomic E-state index is 11.8. The Kier molecular flexibility index (Phi) is 2.52. The van der Waals surface area contributed by atoms with E-state index in [1.165, 1.54) is 24.3 Å². The SMILES string of the molecule is O=C(OC1CC2NCC21)c1ccc([N+](=O)[O-])cc1. The van der Waals surface area contributed by atoms with E-state index in [1.807, 2.05) is 0 Å². The van der Waals surface area contributed by atoms with Gasteiger partial charge in [-0.3, -0.25) is 10.1 Å². The van der Waals surface area contributed by atoms with Crippen LogP contribution in [0.25, 0.3) is 0 Å². The van der Waals surface area contributed by atoms with Crippen molar-refractivity contribution in [3.05, 3.63) is 39.9 Å². The molecule has 0 bridgehead atoms. The summed E-state index contributed by atoms with van der Waals surface area (Å²) >= 11 is 0. The van der Waals surface area contributed by atoms with Crippen molar-refractivity contribution in [3.63, 3.8) is 0 Å². The van der Waals surface area contributed by atoms with E-state index in [0.29, 0.717) is 17.5 Å². The number of nitro groups is 1. The summed E-state index contributed by atoms with van der Waals surface area (Å²) in [6.45, 7) is 0.906. The van der Waals surface area contributed by atoms with Crippen LogP contribution in [-0.2, 0) is 4.74 Å². The highest BCUT2D eigenvalue weighted by molar-refractivity contribution is 5.89. The highest BCUT2D eigenvalue weighted by atomic mass is 16.6. The van der Waals surface area contributed by atoms with Crippen molar-refractivity contribution in [2.45, 2.75) is 18.6 Å². The zero-order valence-corrected chi connectivity index (χ0v) is 9.54. The highest BCUT2D eigenvalue weighted by Crippen LogP contribution is 2.37. The van der Waals surface area contributed by atoms with Crippen LogP contribution in [0.4, 0.5) is 5.69 Å². The van der Waals surface area contributed by atoms with Gasteiger partial charge in [-0.05, 0) is 12.1 Å². The van der Waals surface area contributed by atoms with Crippen LogP contribution in [0.2, 0.25) is 0 Å². The van der Waals surface area contributed by atoms with Crippen molar-refractivity contribution in [3.8, 4) is 0 Å². The lowest BCUT2D eigenvalue weighted by Crippen LogP contribution is -2.68. The van der Waals surface area contributed by atoms with Crippen molar-refractivity contribution in [1.29, 1.82) is 0 Å². The van der Waals surface area contributed by atoms with Crippen molar-refractivity contribution < 1.29 is 14.5 Å². The smallest absolute Gasteiger partial charge is 0.338 e. The minimum Gasteiger partial charge on any atom is -0.458 e. The lowest BCUT2D eigenvalue weighted by atomic mass is 9.70. The fourth-order valence-electron chi connectivity index (χ4n) is 2.36. The van der Waals surface area contributed by atoms with Gasteiger partial charge in [0.15, 0.2) is 0 Å². The molecule has 1 N–H and O–H groups in total. The van der Waals surface area contributed by atoms with Crippen LogP contribution in [0.5, 0.6) is 0 Å². The first-order valence-electron chi connectivity index (χ1n) is 5.84. The van der Waals surface area contributed by atoms with Crippen LogP contribution < -0.4 is 5.32 Å². The van der Waals surface area contributed by atoms with E-state index in [2.05, 4.69) is 5.32 Å². The van der Waals surface area contributed by atoms with Crippen LogP contribution in [0.1, 0.15) is 16.8 Å². The number of esters is 1. The van der Waals surface area contributed by atoms with Crippen LogP contribution in [0.15, 0.2) is 24.3 Å². The predicted octanol–water partition coefficient (Wildman–Crippen LogP) is 1.11. The molecule has 3 unspecified atom stereocenters.